The molecule has 1 atom stereocenters. The molecule has 1 N–H and O–H groups in total. The number of rotatable bonds is 4. The second-order valence-electron chi connectivity index (χ2n) is 6.29. The van der Waals surface area contributed by atoms with Crippen molar-refractivity contribution in [1.29, 1.82) is 0 Å². The molecule has 4 rings (SSSR count). The number of carbonyl (C=O) groups is 2. The van der Waals surface area contributed by atoms with Crippen LogP contribution in [0.1, 0.15) is 29.6 Å². The normalized spacial score (nSPS) is 20.8. The van der Waals surface area contributed by atoms with Gasteiger partial charge < -0.3 is 14.8 Å². The van der Waals surface area contributed by atoms with E-state index in [-0.39, 0.29) is 17.9 Å². The quantitative estimate of drug-likeness (QED) is 0.939. The molecule has 1 aliphatic carbocycles. The molecule has 2 aliphatic rings. The first-order valence-electron chi connectivity index (χ1n) is 8.04. The van der Waals surface area contributed by atoms with Crippen molar-refractivity contribution in [2.24, 2.45) is 0 Å². The SMILES string of the molecule is O=C(N[C@H]1CC(=O)N(C2CC2)C1)c1ccc(-n2cccc2)cc1. The monoisotopic (exact) mass is 309 g/mol. The molecule has 1 saturated carbocycles. The first kappa shape index (κ1) is 14.1. The van der Waals surface area contributed by atoms with Crippen molar-refractivity contribution in [1.82, 2.24) is 14.8 Å². The molecule has 5 nitrogen and oxygen atoms in total. The third-order valence-corrected chi connectivity index (χ3v) is 4.51. The first-order chi connectivity index (χ1) is 11.2. The molecule has 118 valence electrons. The van der Waals surface area contributed by atoms with Gasteiger partial charge in [0.1, 0.15) is 0 Å². The number of hydrogen-bond donors (Lipinski definition) is 1. The molecule has 5 heteroatoms. The molecule has 23 heavy (non-hydrogen) atoms. The molecule has 1 aromatic carbocycles. The molecule has 0 unspecified atom stereocenters. The zero-order valence-electron chi connectivity index (χ0n) is 12.8. The van der Waals surface area contributed by atoms with Gasteiger partial charge in [-0.15, -0.1) is 0 Å². The number of nitrogens with zero attached hydrogens (tertiary/aromatic N) is 2. The van der Waals surface area contributed by atoms with Crippen molar-refractivity contribution in [2.75, 3.05) is 6.54 Å². The summed E-state index contributed by atoms with van der Waals surface area (Å²) in [5.74, 6) is 0.0558. The summed E-state index contributed by atoms with van der Waals surface area (Å²) in [4.78, 5) is 26.2. The molecule has 1 aromatic heterocycles. The van der Waals surface area contributed by atoms with Crippen molar-refractivity contribution in [3.63, 3.8) is 0 Å². The van der Waals surface area contributed by atoms with Gasteiger partial charge in [0.25, 0.3) is 5.91 Å². The maximum atomic E-state index is 12.3. The van der Waals surface area contributed by atoms with E-state index in [2.05, 4.69) is 5.32 Å². The number of amides is 2. The molecular weight excluding hydrogens is 290 g/mol. The van der Waals surface area contributed by atoms with E-state index in [1.807, 2.05) is 58.3 Å². The highest BCUT2D eigenvalue weighted by atomic mass is 16.2. The summed E-state index contributed by atoms with van der Waals surface area (Å²) in [5, 5.41) is 2.98. The predicted octanol–water partition coefficient (Wildman–Crippen LogP) is 1.97. The Morgan fingerprint density at radius 3 is 2.43 bits per heavy atom. The first-order valence-corrected chi connectivity index (χ1v) is 8.04. The average Bonchev–Trinajstić information content (AvgIpc) is 3.11. The van der Waals surface area contributed by atoms with E-state index in [0.29, 0.717) is 24.6 Å². The van der Waals surface area contributed by atoms with Crippen molar-refractivity contribution < 1.29 is 9.59 Å². The van der Waals surface area contributed by atoms with E-state index in [9.17, 15) is 9.59 Å². The van der Waals surface area contributed by atoms with Crippen LogP contribution in [0.2, 0.25) is 0 Å². The Labute approximate surface area is 134 Å². The molecular formula is C18H19N3O2. The van der Waals surface area contributed by atoms with Gasteiger partial charge in [-0.3, -0.25) is 9.59 Å². The fourth-order valence-electron chi connectivity index (χ4n) is 3.13. The molecule has 2 heterocycles. The molecule has 0 spiro atoms. The van der Waals surface area contributed by atoms with Gasteiger partial charge in [-0.05, 0) is 49.2 Å². The van der Waals surface area contributed by atoms with E-state index < -0.39 is 0 Å². The topological polar surface area (TPSA) is 54.3 Å². The Balaban J connectivity index is 1.40. The van der Waals surface area contributed by atoms with Gasteiger partial charge in [-0.2, -0.15) is 0 Å². The highest BCUT2D eigenvalue weighted by Gasteiger charge is 2.39. The van der Waals surface area contributed by atoms with Crippen LogP contribution in [0.4, 0.5) is 0 Å². The van der Waals surface area contributed by atoms with Crippen LogP contribution in [-0.4, -0.2) is 39.9 Å². The number of nitrogens with one attached hydrogen (secondary N) is 1. The van der Waals surface area contributed by atoms with Crippen LogP contribution < -0.4 is 5.32 Å². The van der Waals surface area contributed by atoms with Gasteiger partial charge in [-0.25, -0.2) is 0 Å². The highest BCUT2D eigenvalue weighted by Crippen LogP contribution is 2.30. The summed E-state index contributed by atoms with van der Waals surface area (Å²) in [6.07, 6.45) is 6.56. The fourth-order valence-corrected chi connectivity index (χ4v) is 3.13. The maximum Gasteiger partial charge on any atom is 0.251 e. The van der Waals surface area contributed by atoms with E-state index in [4.69, 9.17) is 0 Å². The number of hydrogen-bond acceptors (Lipinski definition) is 2. The minimum atomic E-state index is -0.112. The summed E-state index contributed by atoms with van der Waals surface area (Å²) >= 11 is 0. The summed E-state index contributed by atoms with van der Waals surface area (Å²) in [6, 6.07) is 11.8. The van der Waals surface area contributed by atoms with Crippen LogP contribution >= 0.6 is 0 Å². The molecule has 2 amide bonds. The van der Waals surface area contributed by atoms with Gasteiger partial charge in [0.15, 0.2) is 0 Å². The van der Waals surface area contributed by atoms with Crippen LogP contribution in [0, 0.1) is 0 Å². The minimum Gasteiger partial charge on any atom is -0.347 e. The lowest BCUT2D eigenvalue weighted by Gasteiger charge is -2.16. The molecule has 1 saturated heterocycles. The molecule has 0 radical (unpaired) electrons. The third kappa shape index (κ3) is 2.86. The van der Waals surface area contributed by atoms with Crippen LogP contribution in [0.3, 0.4) is 0 Å². The molecule has 2 aromatic rings. The van der Waals surface area contributed by atoms with Crippen LogP contribution in [-0.2, 0) is 4.79 Å². The van der Waals surface area contributed by atoms with Crippen molar-refractivity contribution in [2.45, 2.75) is 31.3 Å². The van der Waals surface area contributed by atoms with Crippen LogP contribution in [0.25, 0.3) is 5.69 Å². The van der Waals surface area contributed by atoms with Crippen molar-refractivity contribution >= 4 is 11.8 Å². The fraction of sp³-hybridized carbons (Fsp3) is 0.333. The van der Waals surface area contributed by atoms with Crippen molar-refractivity contribution in [3.05, 3.63) is 54.4 Å². The van der Waals surface area contributed by atoms with E-state index in [0.717, 1.165) is 18.5 Å². The second kappa shape index (κ2) is 5.57. The lowest BCUT2D eigenvalue weighted by atomic mass is 10.1. The second-order valence-corrected chi connectivity index (χ2v) is 6.29. The van der Waals surface area contributed by atoms with Crippen LogP contribution in [0.15, 0.2) is 48.8 Å². The van der Waals surface area contributed by atoms with Gasteiger partial charge in [0.05, 0.1) is 6.04 Å². The number of aromatic nitrogens is 1. The Hall–Kier alpha value is -2.56. The van der Waals surface area contributed by atoms with Crippen molar-refractivity contribution in [3.8, 4) is 5.69 Å². The summed E-state index contributed by atoms with van der Waals surface area (Å²) in [5.41, 5.74) is 1.64. The molecule has 1 aliphatic heterocycles. The van der Waals surface area contributed by atoms with E-state index in [1.54, 1.807) is 0 Å². The van der Waals surface area contributed by atoms with Crippen LogP contribution in [0.5, 0.6) is 0 Å². The lowest BCUT2D eigenvalue weighted by molar-refractivity contribution is -0.128. The van der Waals surface area contributed by atoms with E-state index >= 15 is 0 Å². The van der Waals surface area contributed by atoms with Gasteiger partial charge in [-0.1, -0.05) is 0 Å². The predicted molar refractivity (Wildman–Crippen MR) is 86.4 cm³/mol. The smallest absolute Gasteiger partial charge is 0.251 e. The van der Waals surface area contributed by atoms with Gasteiger partial charge >= 0.3 is 0 Å². The Morgan fingerprint density at radius 1 is 1.09 bits per heavy atom. The molecule has 2 fully saturated rings. The van der Waals surface area contributed by atoms with Gasteiger partial charge in [0, 0.05) is 42.7 Å². The maximum absolute atomic E-state index is 12.3. The Bertz CT molecular complexity index is 717. The number of likely N-dealkylation sites (tertiary alicyclic amines) is 1. The number of carbonyl (C=O) groups excluding carboxylic acids is 2. The highest BCUT2D eigenvalue weighted by molar-refractivity contribution is 5.95. The summed E-state index contributed by atoms with van der Waals surface area (Å²) in [7, 11) is 0. The summed E-state index contributed by atoms with van der Waals surface area (Å²) < 4.78 is 1.99. The lowest BCUT2D eigenvalue weighted by Crippen LogP contribution is -2.37. The van der Waals surface area contributed by atoms with E-state index in [1.165, 1.54) is 0 Å². The summed E-state index contributed by atoms with van der Waals surface area (Å²) in [6.45, 7) is 0.649. The minimum absolute atomic E-state index is 0.0697. The third-order valence-electron chi connectivity index (χ3n) is 4.51. The van der Waals surface area contributed by atoms with Gasteiger partial charge in [0.2, 0.25) is 5.91 Å². The zero-order chi connectivity index (χ0) is 15.8. The Morgan fingerprint density at radius 2 is 1.78 bits per heavy atom. The Kier molecular flexibility index (Phi) is 3.41. The molecule has 0 bridgehead atoms. The zero-order valence-corrected chi connectivity index (χ0v) is 12.8. The standard InChI is InChI=1S/C18H19N3O2/c22-17-11-14(12-21(17)16-7-8-16)19-18(23)13-3-5-15(6-4-13)20-9-1-2-10-20/h1-6,9-10,14,16H,7-8,11-12H2,(H,19,23)/t14-/m0/s1. The number of benzene rings is 1. The largest absolute Gasteiger partial charge is 0.347 e. The average molecular weight is 309 g/mol.